The Balaban J connectivity index is 2.97. The predicted octanol–water partition coefficient (Wildman–Crippen LogP) is 4.42. The SMILES string of the molecule is CC(C#N)c1ccc(Br)cc1NC(=O)OC(C)(C)C. The molecule has 1 rings (SSSR count). The van der Waals surface area contributed by atoms with Gasteiger partial charge in [-0.2, -0.15) is 5.26 Å². The number of rotatable bonds is 2. The average Bonchev–Trinajstić information content (AvgIpc) is 2.25. The van der Waals surface area contributed by atoms with Gasteiger partial charge < -0.3 is 4.74 Å². The Labute approximate surface area is 121 Å². The summed E-state index contributed by atoms with van der Waals surface area (Å²) in [4.78, 5) is 11.8. The van der Waals surface area contributed by atoms with Gasteiger partial charge in [0.1, 0.15) is 5.60 Å². The number of anilines is 1. The highest BCUT2D eigenvalue weighted by Gasteiger charge is 2.18. The molecule has 1 unspecified atom stereocenters. The van der Waals surface area contributed by atoms with Crippen LogP contribution in [-0.4, -0.2) is 11.7 Å². The van der Waals surface area contributed by atoms with E-state index in [2.05, 4.69) is 27.3 Å². The van der Waals surface area contributed by atoms with E-state index in [-0.39, 0.29) is 5.92 Å². The van der Waals surface area contributed by atoms with Crippen molar-refractivity contribution in [3.8, 4) is 6.07 Å². The van der Waals surface area contributed by atoms with Crippen LogP contribution in [0.2, 0.25) is 0 Å². The van der Waals surface area contributed by atoms with Gasteiger partial charge in [0.05, 0.1) is 12.0 Å². The molecule has 0 heterocycles. The fourth-order valence-corrected chi connectivity index (χ4v) is 1.86. The fourth-order valence-electron chi connectivity index (χ4n) is 1.50. The molecule has 0 aliphatic heterocycles. The smallest absolute Gasteiger partial charge is 0.412 e. The molecular weight excluding hydrogens is 308 g/mol. The summed E-state index contributed by atoms with van der Waals surface area (Å²) in [7, 11) is 0. The zero-order valence-electron chi connectivity index (χ0n) is 11.5. The molecule has 1 atom stereocenters. The van der Waals surface area contributed by atoms with E-state index in [0.29, 0.717) is 5.69 Å². The Kier molecular flexibility index (Phi) is 4.96. The van der Waals surface area contributed by atoms with Gasteiger partial charge in [-0.25, -0.2) is 4.79 Å². The van der Waals surface area contributed by atoms with Crippen LogP contribution in [0.15, 0.2) is 22.7 Å². The van der Waals surface area contributed by atoms with E-state index in [1.807, 2.05) is 12.1 Å². The number of hydrogen-bond donors (Lipinski definition) is 1. The van der Waals surface area contributed by atoms with Crippen molar-refractivity contribution in [1.29, 1.82) is 5.26 Å². The van der Waals surface area contributed by atoms with E-state index >= 15 is 0 Å². The lowest BCUT2D eigenvalue weighted by Crippen LogP contribution is -2.27. The maximum atomic E-state index is 11.8. The molecule has 102 valence electrons. The van der Waals surface area contributed by atoms with Crippen molar-refractivity contribution in [2.24, 2.45) is 0 Å². The second-order valence-electron chi connectivity index (χ2n) is 5.21. The zero-order valence-corrected chi connectivity index (χ0v) is 13.0. The summed E-state index contributed by atoms with van der Waals surface area (Å²) in [5.41, 5.74) is 0.783. The number of nitriles is 1. The summed E-state index contributed by atoms with van der Waals surface area (Å²) in [5.74, 6) is -0.307. The third-order valence-corrected chi connectivity index (χ3v) is 2.80. The van der Waals surface area contributed by atoms with Gasteiger partial charge in [0.25, 0.3) is 0 Å². The van der Waals surface area contributed by atoms with Gasteiger partial charge in [0.15, 0.2) is 0 Å². The quantitative estimate of drug-likeness (QED) is 0.875. The molecule has 1 aromatic carbocycles. The van der Waals surface area contributed by atoms with Gasteiger partial charge in [-0.15, -0.1) is 0 Å². The van der Waals surface area contributed by atoms with Crippen LogP contribution in [0.1, 0.15) is 39.2 Å². The van der Waals surface area contributed by atoms with Gasteiger partial charge in [0, 0.05) is 10.2 Å². The van der Waals surface area contributed by atoms with E-state index in [9.17, 15) is 4.79 Å². The number of ether oxygens (including phenoxy) is 1. The molecule has 0 aliphatic carbocycles. The standard InChI is InChI=1S/C14H17BrN2O2/c1-9(8-16)11-6-5-10(15)7-12(11)17-13(18)19-14(2,3)4/h5-7,9H,1-4H3,(H,17,18). The van der Waals surface area contributed by atoms with Gasteiger partial charge in [-0.1, -0.05) is 22.0 Å². The Morgan fingerprint density at radius 3 is 2.63 bits per heavy atom. The lowest BCUT2D eigenvalue weighted by atomic mass is 10.0. The minimum Gasteiger partial charge on any atom is -0.444 e. The molecule has 0 bridgehead atoms. The van der Waals surface area contributed by atoms with E-state index in [0.717, 1.165) is 10.0 Å². The van der Waals surface area contributed by atoms with Crippen molar-refractivity contribution in [2.75, 3.05) is 5.32 Å². The monoisotopic (exact) mass is 324 g/mol. The molecule has 19 heavy (non-hydrogen) atoms. The normalized spacial score (nSPS) is 12.4. The van der Waals surface area contributed by atoms with Crippen molar-refractivity contribution in [1.82, 2.24) is 0 Å². The Hall–Kier alpha value is -1.54. The van der Waals surface area contributed by atoms with Crippen molar-refractivity contribution in [3.63, 3.8) is 0 Å². The third kappa shape index (κ3) is 4.92. The highest BCUT2D eigenvalue weighted by atomic mass is 79.9. The van der Waals surface area contributed by atoms with Crippen molar-refractivity contribution < 1.29 is 9.53 Å². The van der Waals surface area contributed by atoms with E-state index in [4.69, 9.17) is 10.00 Å². The number of amides is 1. The number of benzene rings is 1. The van der Waals surface area contributed by atoms with E-state index in [1.54, 1.807) is 33.8 Å². The maximum absolute atomic E-state index is 11.8. The number of carbonyl (C=O) groups excluding carboxylic acids is 1. The van der Waals surface area contributed by atoms with Crippen LogP contribution in [0.3, 0.4) is 0 Å². The molecule has 0 radical (unpaired) electrons. The second-order valence-corrected chi connectivity index (χ2v) is 6.12. The molecule has 1 amide bonds. The van der Waals surface area contributed by atoms with Gasteiger partial charge >= 0.3 is 6.09 Å². The predicted molar refractivity (Wildman–Crippen MR) is 78.0 cm³/mol. The first-order chi connectivity index (χ1) is 8.73. The fraction of sp³-hybridized carbons (Fsp3) is 0.429. The Morgan fingerprint density at radius 2 is 2.11 bits per heavy atom. The highest BCUT2D eigenvalue weighted by Crippen LogP contribution is 2.28. The molecule has 0 saturated heterocycles. The summed E-state index contributed by atoms with van der Waals surface area (Å²) < 4.78 is 6.03. The lowest BCUT2D eigenvalue weighted by Gasteiger charge is -2.21. The molecular formula is C14H17BrN2O2. The molecule has 0 spiro atoms. The average molecular weight is 325 g/mol. The van der Waals surface area contributed by atoms with Gasteiger partial charge in [-0.05, 0) is 45.4 Å². The van der Waals surface area contributed by atoms with E-state index in [1.165, 1.54) is 0 Å². The molecule has 1 aromatic rings. The zero-order chi connectivity index (χ0) is 14.6. The number of halogens is 1. The number of nitrogens with zero attached hydrogens (tertiary/aromatic N) is 1. The molecule has 4 nitrogen and oxygen atoms in total. The third-order valence-electron chi connectivity index (χ3n) is 2.31. The largest absolute Gasteiger partial charge is 0.444 e. The molecule has 0 aliphatic rings. The highest BCUT2D eigenvalue weighted by molar-refractivity contribution is 9.10. The Bertz CT molecular complexity index is 515. The summed E-state index contributed by atoms with van der Waals surface area (Å²) in [6.45, 7) is 7.18. The van der Waals surface area contributed by atoms with Gasteiger partial charge in [0.2, 0.25) is 0 Å². The first-order valence-electron chi connectivity index (χ1n) is 5.92. The van der Waals surface area contributed by atoms with Crippen LogP contribution in [0.4, 0.5) is 10.5 Å². The summed E-state index contributed by atoms with van der Waals surface area (Å²) >= 11 is 3.34. The van der Waals surface area contributed by atoms with E-state index < -0.39 is 11.7 Å². The van der Waals surface area contributed by atoms with Crippen LogP contribution >= 0.6 is 15.9 Å². The van der Waals surface area contributed by atoms with Crippen LogP contribution < -0.4 is 5.32 Å². The summed E-state index contributed by atoms with van der Waals surface area (Å²) in [6, 6.07) is 7.56. The van der Waals surface area contributed by atoms with Crippen molar-refractivity contribution in [2.45, 2.75) is 39.2 Å². The number of hydrogen-bond acceptors (Lipinski definition) is 3. The Morgan fingerprint density at radius 1 is 1.47 bits per heavy atom. The first kappa shape index (κ1) is 15.5. The maximum Gasteiger partial charge on any atom is 0.412 e. The summed E-state index contributed by atoms with van der Waals surface area (Å²) in [6.07, 6.45) is -0.531. The van der Waals surface area contributed by atoms with Crippen LogP contribution in [0.25, 0.3) is 0 Å². The van der Waals surface area contributed by atoms with Gasteiger partial charge in [-0.3, -0.25) is 5.32 Å². The molecule has 0 saturated carbocycles. The van der Waals surface area contributed by atoms with Crippen molar-refractivity contribution >= 4 is 27.7 Å². The summed E-state index contributed by atoms with van der Waals surface area (Å²) in [5, 5.41) is 11.7. The molecule has 0 fully saturated rings. The minimum atomic E-state index is -0.558. The number of carbonyl (C=O) groups is 1. The lowest BCUT2D eigenvalue weighted by molar-refractivity contribution is 0.0636. The minimum absolute atomic E-state index is 0.307. The molecule has 1 N–H and O–H groups in total. The topological polar surface area (TPSA) is 62.1 Å². The van der Waals surface area contributed by atoms with Crippen molar-refractivity contribution in [3.05, 3.63) is 28.2 Å². The van der Waals surface area contributed by atoms with Crippen LogP contribution in [0, 0.1) is 11.3 Å². The first-order valence-corrected chi connectivity index (χ1v) is 6.71. The molecule has 0 aromatic heterocycles. The van der Waals surface area contributed by atoms with Crippen LogP contribution in [-0.2, 0) is 4.74 Å². The second kappa shape index (κ2) is 6.07. The van der Waals surface area contributed by atoms with Crippen LogP contribution in [0.5, 0.6) is 0 Å². The molecule has 5 heteroatoms. The number of nitrogens with one attached hydrogen (secondary N) is 1.